The molecule has 0 amide bonds. The van der Waals surface area contributed by atoms with Crippen LogP contribution >= 0.6 is 0 Å². The van der Waals surface area contributed by atoms with Crippen LogP contribution in [-0.2, 0) is 31.9 Å². The molecule has 58 heavy (non-hydrogen) atoms. The average Bonchev–Trinajstić information content (AvgIpc) is 3.26. The van der Waals surface area contributed by atoms with E-state index in [1.165, 1.54) is 11.1 Å². The molecule has 1 aromatic heterocycles. The Morgan fingerprint density at radius 2 is 1.00 bits per heavy atom. The number of aromatic nitrogens is 2. The quantitative estimate of drug-likeness (QED) is 0.0840. The Morgan fingerprint density at radius 1 is 0.552 bits per heavy atom. The topological polar surface area (TPSA) is 131 Å². The molecule has 0 saturated heterocycles. The van der Waals surface area contributed by atoms with Gasteiger partial charge in [-0.05, 0) is 112 Å². The van der Waals surface area contributed by atoms with E-state index in [-0.39, 0.29) is 47.5 Å². The van der Waals surface area contributed by atoms with Gasteiger partial charge in [-0.1, -0.05) is 81.3 Å². The summed E-state index contributed by atoms with van der Waals surface area (Å²) < 4.78 is 23.6. The van der Waals surface area contributed by atoms with Gasteiger partial charge in [-0.3, -0.25) is 9.59 Å². The van der Waals surface area contributed by atoms with Crippen LogP contribution in [0.15, 0.2) is 97.2 Å². The van der Waals surface area contributed by atoms with E-state index in [1.54, 1.807) is 42.6 Å². The Bertz CT molecular complexity index is 2210. The number of aryl methyl sites for hydroxylation is 2. The van der Waals surface area contributed by atoms with E-state index in [4.69, 9.17) is 23.9 Å². The van der Waals surface area contributed by atoms with Gasteiger partial charge in [0.25, 0.3) is 0 Å². The zero-order chi connectivity index (χ0) is 40.4. The van der Waals surface area contributed by atoms with Crippen LogP contribution < -0.4 is 9.47 Å². The van der Waals surface area contributed by atoms with E-state index < -0.39 is 11.9 Å². The number of carbonyl (C=O) groups excluding carboxylic acids is 4. The molecular formula is C48H50N2O8. The lowest BCUT2D eigenvalue weighted by Gasteiger charge is -2.27. The molecule has 2 aliphatic rings. The summed E-state index contributed by atoms with van der Waals surface area (Å²) in [4.78, 5) is 62.2. The highest BCUT2D eigenvalue weighted by Crippen LogP contribution is 2.36. The number of rotatable bonds is 13. The Morgan fingerprint density at radius 3 is 1.45 bits per heavy atom. The second kappa shape index (κ2) is 19.0. The van der Waals surface area contributed by atoms with Crippen molar-refractivity contribution in [3.05, 3.63) is 119 Å². The van der Waals surface area contributed by atoms with Gasteiger partial charge >= 0.3 is 23.9 Å². The van der Waals surface area contributed by atoms with E-state index in [0.717, 1.165) is 31.2 Å². The minimum atomic E-state index is -0.403. The summed E-state index contributed by atoms with van der Waals surface area (Å²) in [6.45, 7) is 4.24. The van der Waals surface area contributed by atoms with Gasteiger partial charge in [-0.15, -0.1) is 0 Å². The molecule has 0 radical (unpaired) electrons. The second-order valence-electron chi connectivity index (χ2n) is 15.4. The van der Waals surface area contributed by atoms with Crippen LogP contribution in [0.25, 0.3) is 22.3 Å². The number of nitrogens with zero attached hydrogens (tertiary/aromatic N) is 2. The van der Waals surface area contributed by atoms with Gasteiger partial charge in [0.2, 0.25) is 0 Å². The fraction of sp³-hybridized carbons (Fsp3) is 0.375. The molecule has 0 spiro atoms. The van der Waals surface area contributed by atoms with E-state index in [9.17, 15) is 19.2 Å². The highest BCUT2D eigenvalue weighted by atomic mass is 16.6. The van der Waals surface area contributed by atoms with Gasteiger partial charge in [0.15, 0.2) is 11.5 Å². The molecule has 4 aromatic carbocycles. The van der Waals surface area contributed by atoms with Crippen molar-refractivity contribution in [2.45, 2.75) is 103 Å². The first-order valence-electron chi connectivity index (χ1n) is 20.7. The predicted molar refractivity (Wildman–Crippen MR) is 219 cm³/mol. The summed E-state index contributed by atoms with van der Waals surface area (Å²) in [5, 5.41) is 0. The number of hydrogen-bond acceptors (Lipinski definition) is 10. The number of ether oxygens (including phenoxy) is 4. The zero-order valence-electron chi connectivity index (χ0n) is 33.2. The van der Waals surface area contributed by atoms with Gasteiger partial charge in [0.1, 0.15) is 23.2 Å². The van der Waals surface area contributed by atoms with Crippen LogP contribution in [0.1, 0.15) is 110 Å². The smallest absolute Gasteiger partial charge is 0.338 e. The third kappa shape index (κ3) is 9.96. The molecule has 0 bridgehead atoms. The molecular weight excluding hydrogens is 733 g/mol. The Kier molecular flexibility index (Phi) is 13.2. The van der Waals surface area contributed by atoms with E-state index in [0.29, 0.717) is 79.2 Å². The molecule has 1 heterocycles. The number of carbonyl (C=O) groups is 4. The first-order chi connectivity index (χ1) is 28.3. The number of hydrogen-bond donors (Lipinski definition) is 0. The summed E-state index contributed by atoms with van der Waals surface area (Å²) in [5.41, 5.74) is 5.40. The highest BCUT2D eigenvalue weighted by Gasteiger charge is 2.32. The molecule has 5 aromatic rings. The molecule has 2 aliphatic carbocycles. The van der Waals surface area contributed by atoms with Crippen LogP contribution in [0.2, 0.25) is 0 Å². The SMILES string of the molecule is CCCc1ccc(C(=O)OC2CCC(C(=O)Oc3ccc(OC(=O)C4CCC(OC(=O)c5ccc(CCC)cc5)CC4)c4nc(-c5ccccc5)cnc34)CC2)cc1. The predicted octanol–water partition coefficient (Wildman–Crippen LogP) is 9.84. The average molecular weight is 783 g/mol. The van der Waals surface area contributed by atoms with Crippen molar-refractivity contribution < 1.29 is 38.1 Å². The Labute approximate surface area is 339 Å². The lowest BCUT2D eigenvalue weighted by Crippen LogP contribution is -2.30. The van der Waals surface area contributed by atoms with Crippen LogP contribution in [-0.4, -0.2) is 46.1 Å². The molecule has 0 N–H and O–H groups in total. The monoisotopic (exact) mass is 782 g/mol. The molecule has 300 valence electrons. The van der Waals surface area contributed by atoms with Gasteiger partial charge in [-0.2, -0.15) is 0 Å². The normalized spacial score (nSPS) is 19.2. The minimum Gasteiger partial charge on any atom is -0.459 e. The maximum atomic E-state index is 13.6. The van der Waals surface area contributed by atoms with Gasteiger partial charge < -0.3 is 18.9 Å². The molecule has 2 saturated carbocycles. The molecule has 0 unspecified atom stereocenters. The first kappa shape index (κ1) is 40.3. The lowest BCUT2D eigenvalue weighted by molar-refractivity contribution is -0.141. The van der Waals surface area contributed by atoms with Crippen LogP contribution in [0.5, 0.6) is 11.5 Å². The maximum Gasteiger partial charge on any atom is 0.338 e. The van der Waals surface area contributed by atoms with E-state index in [1.807, 2.05) is 54.6 Å². The van der Waals surface area contributed by atoms with E-state index >= 15 is 0 Å². The fourth-order valence-electron chi connectivity index (χ4n) is 7.81. The molecule has 0 atom stereocenters. The van der Waals surface area contributed by atoms with Gasteiger partial charge in [0.05, 0.1) is 34.9 Å². The van der Waals surface area contributed by atoms with Crippen LogP contribution in [0, 0.1) is 11.8 Å². The third-order valence-electron chi connectivity index (χ3n) is 11.1. The second-order valence-corrected chi connectivity index (χ2v) is 15.4. The van der Waals surface area contributed by atoms with Crippen molar-refractivity contribution in [3.63, 3.8) is 0 Å². The summed E-state index contributed by atoms with van der Waals surface area (Å²) in [5.74, 6) is -1.85. The summed E-state index contributed by atoms with van der Waals surface area (Å²) in [7, 11) is 0. The van der Waals surface area contributed by atoms with Gasteiger partial charge in [-0.25, -0.2) is 19.6 Å². The van der Waals surface area contributed by atoms with Crippen LogP contribution in [0.3, 0.4) is 0 Å². The number of esters is 4. The van der Waals surface area contributed by atoms with Crippen molar-refractivity contribution in [1.29, 1.82) is 0 Å². The number of benzene rings is 4. The fourth-order valence-corrected chi connectivity index (χ4v) is 7.81. The van der Waals surface area contributed by atoms with Crippen LogP contribution in [0.4, 0.5) is 0 Å². The molecule has 0 aliphatic heterocycles. The zero-order valence-corrected chi connectivity index (χ0v) is 33.2. The molecule has 7 rings (SSSR count). The van der Waals surface area contributed by atoms with Crippen molar-refractivity contribution >= 4 is 34.9 Å². The third-order valence-corrected chi connectivity index (χ3v) is 11.1. The molecule has 2 fully saturated rings. The lowest BCUT2D eigenvalue weighted by atomic mass is 9.87. The highest BCUT2D eigenvalue weighted by molar-refractivity contribution is 5.93. The summed E-state index contributed by atoms with van der Waals surface area (Å²) >= 11 is 0. The number of fused-ring (bicyclic) bond motifs is 1. The summed E-state index contributed by atoms with van der Waals surface area (Å²) in [6, 6.07) is 27.8. The van der Waals surface area contributed by atoms with Crippen molar-refractivity contribution in [2.24, 2.45) is 11.8 Å². The standard InChI is InChI=1S/C48H50N2O8/c1-3-8-31-12-16-34(17-13-31)45(51)55-38-24-20-36(21-25-38)47(53)57-41-28-29-42(44-43(41)49-30-40(50-44)33-10-6-5-7-11-33)58-48(54)37-22-26-39(27-23-37)56-46(52)35-18-14-32(9-4-2)15-19-35/h5-7,10-19,28-30,36-39H,3-4,8-9,20-27H2,1-2H3. The van der Waals surface area contributed by atoms with E-state index in [2.05, 4.69) is 18.8 Å². The molecule has 10 nitrogen and oxygen atoms in total. The van der Waals surface area contributed by atoms with Crippen molar-refractivity contribution in [1.82, 2.24) is 9.97 Å². The largest absolute Gasteiger partial charge is 0.459 e. The van der Waals surface area contributed by atoms with Crippen molar-refractivity contribution in [3.8, 4) is 22.8 Å². The maximum absolute atomic E-state index is 13.6. The Hall–Kier alpha value is -5.90. The summed E-state index contributed by atoms with van der Waals surface area (Å²) in [6.07, 6.45) is 9.28. The van der Waals surface area contributed by atoms with Crippen molar-refractivity contribution in [2.75, 3.05) is 0 Å². The first-order valence-corrected chi connectivity index (χ1v) is 20.7. The van der Waals surface area contributed by atoms with Gasteiger partial charge in [0, 0.05) is 5.56 Å². The minimum absolute atomic E-state index is 0.215. The Balaban J connectivity index is 0.981. The molecule has 10 heteroatoms.